The van der Waals surface area contributed by atoms with Crippen molar-refractivity contribution in [3.05, 3.63) is 24.3 Å². The highest BCUT2D eigenvalue weighted by Gasteiger charge is 2.12. The third kappa shape index (κ3) is 7.93. The predicted octanol–water partition coefficient (Wildman–Crippen LogP) is 0.0145. The monoisotopic (exact) mass is 350 g/mol. The first-order valence-electron chi connectivity index (χ1n) is 7.71. The first-order chi connectivity index (χ1) is 12.0. The zero-order valence-corrected chi connectivity index (χ0v) is 14.2. The minimum absolute atomic E-state index is 0.0283. The largest absolute Gasteiger partial charge is 0.494 e. The normalized spacial score (nSPS) is 10.8. The SMILES string of the molecule is CCOc1ccc(NC(=O)CC(C)=NNC(=O)C(=O)NCCO)cc1. The van der Waals surface area contributed by atoms with Crippen molar-refractivity contribution >= 4 is 29.1 Å². The number of aliphatic hydroxyl groups is 1. The number of anilines is 1. The van der Waals surface area contributed by atoms with Crippen LogP contribution in [0.1, 0.15) is 20.3 Å². The number of nitrogens with zero attached hydrogens (tertiary/aromatic N) is 1. The van der Waals surface area contributed by atoms with Gasteiger partial charge >= 0.3 is 11.8 Å². The second kappa shape index (κ2) is 10.8. The number of hydrogen-bond acceptors (Lipinski definition) is 6. The van der Waals surface area contributed by atoms with E-state index in [-0.39, 0.29) is 25.5 Å². The Morgan fingerprint density at radius 3 is 2.44 bits per heavy atom. The number of hydrogen-bond donors (Lipinski definition) is 4. The van der Waals surface area contributed by atoms with Gasteiger partial charge in [0.25, 0.3) is 0 Å². The van der Waals surface area contributed by atoms with Gasteiger partial charge in [-0.2, -0.15) is 5.10 Å². The number of benzene rings is 1. The molecule has 0 aliphatic carbocycles. The fraction of sp³-hybridized carbons (Fsp3) is 0.375. The highest BCUT2D eigenvalue weighted by atomic mass is 16.5. The number of aliphatic hydroxyl groups excluding tert-OH is 1. The Hall–Kier alpha value is -2.94. The van der Waals surface area contributed by atoms with E-state index in [4.69, 9.17) is 9.84 Å². The Morgan fingerprint density at radius 1 is 1.16 bits per heavy atom. The van der Waals surface area contributed by atoms with Crippen molar-refractivity contribution in [2.45, 2.75) is 20.3 Å². The van der Waals surface area contributed by atoms with Crippen LogP contribution >= 0.6 is 0 Å². The smallest absolute Gasteiger partial charge is 0.329 e. The molecule has 1 aromatic rings. The summed E-state index contributed by atoms with van der Waals surface area (Å²) in [5.41, 5.74) is 2.97. The minimum atomic E-state index is -0.972. The summed E-state index contributed by atoms with van der Waals surface area (Å²) in [4.78, 5) is 34.6. The molecule has 1 rings (SSSR count). The highest BCUT2D eigenvalue weighted by molar-refractivity contribution is 6.35. The number of carbonyl (C=O) groups excluding carboxylic acids is 3. The van der Waals surface area contributed by atoms with E-state index < -0.39 is 11.8 Å². The number of nitrogens with one attached hydrogen (secondary N) is 3. The van der Waals surface area contributed by atoms with E-state index in [1.165, 1.54) is 0 Å². The zero-order chi connectivity index (χ0) is 18.7. The van der Waals surface area contributed by atoms with E-state index >= 15 is 0 Å². The van der Waals surface area contributed by atoms with Crippen LogP contribution in [0.4, 0.5) is 5.69 Å². The van der Waals surface area contributed by atoms with Crippen molar-refractivity contribution in [3.8, 4) is 5.75 Å². The van der Waals surface area contributed by atoms with Gasteiger partial charge in [0, 0.05) is 17.9 Å². The van der Waals surface area contributed by atoms with Gasteiger partial charge in [-0.1, -0.05) is 0 Å². The van der Waals surface area contributed by atoms with E-state index in [1.54, 1.807) is 31.2 Å². The summed E-state index contributed by atoms with van der Waals surface area (Å²) >= 11 is 0. The summed E-state index contributed by atoms with van der Waals surface area (Å²) in [5, 5.41) is 17.1. The van der Waals surface area contributed by atoms with Crippen molar-refractivity contribution in [3.63, 3.8) is 0 Å². The van der Waals surface area contributed by atoms with Crippen molar-refractivity contribution in [2.24, 2.45) is 5.10 Å². The van der Waals surface area contributed by atoms with E-state index in [9.17, 15) is 14.4 Å². The van der Waals surface area contributed by atoms with Gasteiger partial charge in [-0.15, -0.1) is 0 Å². The molecule has 0 saturated carbocycles. The molecule has 0 atom stereocenters. The van der Waals surface area contributed by atoms with Crippen LogP contribution in [0.15, 0.2) is 29.4 Å². The maximum atomic E-state index is 11.9. The lowest BCUT2D eigenvalue weighted by Gasteiger charge is -2.07. The molecular formula is C16H22N4O5. The minimum Gasteiger partial charge on any atom is -0.494 e. The Morgan fingerprint density at radius 2 is 1.84 bits per heavy atom. The first kappa shape index (κ1) is 20.1. The van der Waals surface area contributed by atoms with Crippen LogP contribution in [0.2, 0.25) is 0 Å². The van der Waals surface area contributed by atoms with Crippen LogP contribution in [0.25, 0.3) is 0 Å². The summed E-state index contributed by atoms with van der Waals surface area (Å²) in [5.74, 6) is -1.49. The molecule has 0 heterocycles. The van der Waals surface area contributed by atoms with Gasteiger partial charge < -0.3 is 20.5 Å². The van der Waals surface area contributed by atoms with E-state index in [1.807, 2.05) is 12.3 Å². The molecule has 0 fully saturated rings. The Balaban J connectivity index is 2.44. The Kier molecular flexibility index (Phi) is 8.66. The number of hydrazone groups is 1. The van der Waals surface area contributed by atoms with E-state index in [2.05, 4.69) is 15.7 Å². The van der Waals surface area contributed by atoms with Crippen LogP contribution in [0, 0.1) is 0 Å². The molecule has 0 aliphatic heterocycles. The first-order valence-corrected chi connectivity index (χ1v) is 7.71. The lowest BCUT2D eigenvalue weighted by atomic mass is 10.2. The summed E-state index contributed by atoms with van der Waals surface area (Å²) in [6.07, 6.45) is -0.0499. The zero-order valence-electron chi connectivity index (χ0n) is 14.2. The Bertz CT molecular complexity index is 628. The molecule has 25 heavy (non-hydrogen) atoms. The molecular weight excluding hydrogens is 328 g/mol. The molecule has 0 unspecified atom stereocenters. The lowest BCUT2D eigenvalue weighted by molar-refractivity contribution is -0.139. The maximum Gasteiger partial charge on any atom is 0.329 e. The molecule has 1 aromatic carbocycles. The second-order valence-electron chi connectivity index (χ2n) is 4.95. The van der Waals surface area contributed by atoms with Gasteiger partial charge in [-0.25, -0.2) is 5.43 Å². The summed E-state index contributed by atoms with van der Waals surface area (Å²) < 4.78 is 5.31. The number of ether oxygens (including phenoxy) is 1. The topological polar surface area (TPSA) is 129 Å². The average Bonchev–Trinajstić information content (AvgIpc) is 2.59. The van der Waals surface area contributed by atoms with Gasteiger partial charge in [0.2, 0.25) is 5.91 Å². The van der Waals surface area contributed by atoms with Gasteiger partial charge in [0.05, 0.1) is 19.6 Å². The standard InChI is InChI=1S/C16H22N4O5/c1-3-25-13-6-4-12(5-7-13)18-14(22)10-11(2)19-20-16(24)15(23)17-8-9-21/h4-7,21H,3,8-10H2,1-2H3,(H,17,23)(H,18,22)(H,20,24). The molecule has 0 spiro atoms. The molecule has 0 saturated heterocycles. The van der Waals surface area contributed by atoms with Crippen LogP contribution in [0.3, 0.4) is 0 Å². The number of amides is 3. The molecule has 0 aliphatic rings. The van der Waals surface area contributed by atoms with Crippen LogP contribution in [0.5, 0.6) is 5.75 Å². The third-order valence-electron chi connectivity index (χ3n) is 2.82. The molecule has 0 aromatic heterocycles. The van der Waals surface area contributed by atoms with Crippen molar-refractivity contribution in [1.82, 2.24) is 10.7 Å². The quantitative estimate of drug-likeness (QED) is 0.298. The van der Waals surface area contributed by atoms with Gasteiger partial charge in [0.15, 0.2) is 0 Å². The maximum absolute atomic E-state index is 11.9. The third-order valence-corrected chi connectivity index (χ3v) is 2.82. The number of rotatable bonds is 8. The molecule has 3 amide bonds. The second-order valence-corrected chi connectivity index (χ2v) is 4.95. The van der Waals surface area contributed by atoms with Crippen LogP contribution in [-0.2, 0) is 14.4 Å². The molecule has 136 valence electrons. The Labute approximate surface area is 145 Å². The lowest BCUT2D eigenvalue weighted by Crippen LogP contribution is -2.39. The molecule has 4 N–H and O–H groups in total. The van der Waals surface area contributed by atoms with Gasteiger partial charge in [0.1, 0.15) is 5.75 Å². The fourth-order valence-electron chi connectivity index (χ4n) is 1.72. The average molecular weight is 350 g/mol. The summed E-state index contributed by atoms with van der Waals surface area (Å²) in [7, 11) is 0. The molecule has 0 bridgehead atoms. The number of carbonyl (C=O) groups is 3. The van der Waals surface area contributed by atoms with Crippen LogP contribution < -0.4 is 20.8 Å². The molecule has 0 radical (unpaired) electrons. The summed E-state index contributed by atoms with van der Waals surface area (Å²) in [6, 6.07) is 6.90. The van der Waals surface area contributed by atoms with Gasteiger partial charge in [-0.3, -0.25) is 14.4 Å². The van der Waals surface area contributed by atoms with Crippen molar-refractivity contribution in [2.75, 3.05) is 25.1 Å². The van der Waals surface area contributed by atoms with Crippen molar-refractivity contribution in [1.29, 1.82) is 0 Å². The van der Waals surface area contributed by atoms with Gasteiger partial charge in [-0.05, 0) is 38.1 Å². The van der Waals surface area contributed by atoms with Crippen LogP contribution in [-0.4, -0.2) is 48.3 Å². The fourth-order valence-corrected chi connectivity index (χ4v) is 1.72. The summed E-state index contributed by atoms with van der Waals surface area (Å²) in [6.45, 7) is 3.69. The molecule has 9 nitrogen and oxygen atoms in total. The van der Waals surface area contributed by atoms with E-state index in [0.717, 1.165) is 0 Å². The van der Waals surface area contributed by atoms with Crippen molar-refractivity contribution < 1.29 is 24.2 Å². The highest BCUT2D eigenvalue weighted by Crippen LogP contribution is 2.15. The predicted molar refractivity (Wildman–Crippen MR) is 92.2 cm³/mol. The van der Waals surface area contributed by atoms with E-state index in [0.29, 0.717) is 23.8 Å². The molecule has 9 heteroatoms.